The van der Waals surface area contributed by atoms with Crippen molar-refractivity contribution in [3.05, 3.63) is 52.1 Å². The summed E-state index contributed by atoms with van der Waals surface area (Å²) in [6.07, 6.45) is 2.72. The Morgan fingerprint density at radius 3 is 2.54 bits per heavy atom. The third-order valence-electron chi connectivity index (χ3n) is 5.61. The summed E-state index contributed by atoms with van der Waals surface area (Å²) in [4.78, 5) is 13.9. The number of hydrogen-bond donors (Lipinski definition) is 0. The van der Waals surface area contributed by atoms with Crippen LogP contribution in [0.15, 0.2) is 24.3 Å². The number of nitrogens with zero attached hydrogens (tertiary/aromatic N) is 1. The van der Waals surface area contributed by atoms with E-state index in [0.29, 0.717) is 11.3 Å². The Morgan fingerprint density at radius 1 is 1.04 bits per heavy atom. The second-order valence-electron chi connectivity index (χ2n) is 6.79. The Labute approximate surface area is 153 Å². The first kappa shape index (κ1) is 16.9. The number of fused-ring (bicyclic) bond motifs is 4. The van der Waals surface area contributed by atoms with E-state index in [1.807, 2.05) is 18.2 Å². The molecular formula is C21H23NO4. The summed E-state index contributed by atoms with van der Waals surface area (Å²) < 4.78 is 16.5. The highest BCUT2D eigenvalue weighted by atomic mass is 16.5. The van der Waals surface area contributed by atoms with Gasteiger partial charge in [-0.3, -0.25) is 9.69 Å². The van der Waals surface area contributed by atoms with Crippen LogP contribution in [-0.4, -0.2) is 39.1 Å². The second-order valence-corrected chi connectivity index (χ2v) is 6.79. The van der Waals surface area contributed by atoms with E-state index in [0.717, 1.165) is 43.7 Å². The van der Waals surface area contributed by atoms with Crippen molar-refractivity contribution >= 4 is 6.29 Å². The van der Waals surface area contributed by atoms with E-state index in [1.165, 1.54) is 22.3 Å². The van der Waals surface area contributed by atoms with Crippen LogP contribution in [0.5, 0.6) is 17.2 Å². The maximum Gasteiger partial charge on any atom is 0.165 e. The van der Waals surface area contributed by atoms with Crippen LogP contribution in [0.4, 0.5) is 0 Å². The standard InChI is InChI=1S/C21H23NO4/c1-24-19-5-4-13-9-18-16-8-15(12-23)20(25-2)10-14(16)6-7-22(18)11-17(13)21(19)26-3/h4-5,8,10,12,18H,6-7,9,11H2,1-3H3. The van der Waals surface area contributed by atoms with Gasteiger partial charge in [0.1, 0.15) is 5.75 Å². The van der Waals surface area contributed by atoms with Gasteiger partial charge in [0.2, 0.25) is 0 Å². The molecule has 2 aliphatic heterocycles. The summed E-state index contributed by atoms with van der Waals surface area (Å²) in [5.41, 5.74) is 5.61. The molecule has 0 saturated carbocycles. The van der Waals surface area contributed by atoms with Crippen LogP contribution >= 0.6 is 0 Å². The zero-order valence-corrected chi connectivity index (χ0v) is 15.4. The molecule has 0 bridgehead atoms. The highest BCUT2D eigenvalue weighted by Gasteiger charge is 2.34. The lowest BCUT2D eigenvalue weighted by Gasteiger charge is -2.42. The summed E-state index contributed by atoms with van der Waals surface area (Å²) >= 11 is 0. The second kappa shape index (κ2) is 6.65. The van der Waals surface area contributed by atoms with Crippen LogP contribution < -0.4 is 14.2 Å². The van der Waals surface area contributed by atoms with E-state index in [1.54, 1.807) is 21.3 Å². The van der Waals surface area contributed by atoms with Crippen molar-refractivity contribution < 1.29 is 19.0 Å². The Bertz CT molecular complexity index is 862. The predicted molar refractivity (Wildman–Crippen MR) is 98.5 cm³/mol. The lowest BCUT2D eigenvalue weighted by molar-refractivity contribution is 0.111. The normalized spacial score (nSPS) is 18.3. The van der Waals surface area contributed by atoms with Gasteiger partial charge in [0.05, 0.1) is 26.9 Å². The van der Waals surface area contributed by atoms with E-state index in [2.05, 4.69) is 11.0 Å². The Kier molecular flexibility index (Phi) is 4.32. The molecule has 0 fully saturated rings. The fraction of sp³-hybridized carbons (Fsp3) is 0.381. The molecule has 2 aliphatic rings. The zero-order valence-electron chi connectivity index (χ0n) is 15.4. The fourth-order valence-corrected chi connectivity index (χ4v) is 4.30. The number of ether oxygens (including phenoxy) is 3. The largest absolute Gasteiger partial charge is 0.496 e. The zero-order chi connectivity index (χ0) is 18.3. The molecule has 0 saturated heterocycles. The number of rotatable bonds is 4. The lowest BCUT2D eigenvalue weighted by atomic mass is 9.83. The molecule has 26 heavy (non-hydrogen) atoms. The van der Waals surface area contributed by atoms with Crippen LogP contribution in [0.3, 0.4) is 0 Å². The molecule has 1 unspecified atom stereocenters. The molecule has 4 rings (SSSR count). The monoisotopic (exact) mass is 353 g/mol. The van der Waals surface area contributed by atoms with Crippen LogP contribution in [0.25, 0.3) is 0 Å². The molecule has 1 atom stereocenters. The van der Waals surface area contributed by atoms with E-state index in [-0.39, 0.29) is 6.04 Å². The molecule has 2 aromatic carbocycles. The Morgan fingerprint density at radius 2 is 1.85 bits per heavy atom. The summed E-state index contributed by atoms with van der Waals surface area (Å²) in [6.45, 7) is 1.79. The first-order valence-electron chi connectivity index (χ1n) is 8.83. The minimum absolute atomic E-state index is 0.272. The van der Waals surface area contributed by atoms with E-state index < -0.39 is 0 Å². The SMILES string of the molecule is COc1cc2c(cc1C=O)C1Cc3ccc(OC)c(OC)c3CN1CC2. The third-order valence-corrected chi connectivity index (χ3v) is 5.61. The molecule has 5 nitrogen and oxygen atoms in total. The van der Waals surface area contributed by atoms with Crippen LogP contribution in [-0.2, 0) is 19.4 Å². The maximum atomic E-state index is 11.5. The molecular weight excluding hydrogens is 330 g/mol. The molecule has 136 valence electrons. The maximum absolute atomic E-state index is 11.5. The third kappa shape index (κ3) is 2.54. The van der Waals surface area contributed by atoms with Gasteiger partial charge in [-0.2, -0.15) is 0 Å². The highest BCUT2D eigenvalue weighted by molar-refractivity contribution is 5.80. The smallest absolute Gasteiger partial charge is 0.165 e. The molecule has 0 spiro atoms. The van der Waals surface area contributed by atoms with Gasteiger partial charge in [0, 0.05) is 24.7 Å². The van der Waals surface area contributed by atoms with Crippen molar-refractivity contribution in [1.29, 1.82) is 0 Å². The number of carbonyl (C=O) groups excluding carboxylic acids is 1. The molecule has 0 amide bonds. The molecule has 5 heteroatoms. The van der Waals surface area contributed by atoms with Gasteiger partial charge in [-0.25, -0.2) is 0 Å². The summed E-state index contributed by atoms with van der Waals surface area (Å²) in [7, 11) is 4.97. The molecule has 2 heterocycles. The fourth-order valence-electron chi connectivity index (χ4n) is 4.30. The van der Waals surface area contributed by atoms with Gasteiger partial charge in [-0.05, 0) is 47.7 Å². The van der Waals surface area contributed by atoms with Gasteiger partial charge in [0.15, 0.2) is 17.8 Å². The molecule has 2 aromatic rings. The first-order valence-corrected chi connectivity index (χ1v) is 8.83. The van der Waals surface area contributed by atoms with E-state index in [9.17, 15) is 4.79 Å². The van der Waals surface area contributed by atoms with Gasteiger partial charge >= 0.3 is 0 Å². The number of carbonyl (C=O) groups is 1. The Hall–Kier alpha value is -2.53. The quantitative estimate of drug-likeness (QED) is 0.790. The minimum atomic E-state index is 0.272. The first-order chi connectivity index (χ1) is 12.7. The van der Waals surface area contributed by atoms with Gasteiger partial charge in [0.25, 0.3) is 0 Å². The van der Waals surface area contributed by atoms with Crippen molar-refractivity contribution in [2.75, 3.05) is 27.9 Å². The predicted octanol–water partition coefficient (Wildman–Crippen LogP) is 3.18. The number of benzene rings is 2. The summed E-state index contributed by atoms with van der Waals surface area (Å²) in [6, 6.07) is 8.41. The van der Waals surface area contributed by atoms with E-state index >= 15 is 0 Å². The number of methoxy groups -OCH3 is 3. The minimum Gasteiger partial charge on any atom is -0.496 e. The topological polar surface area (TPSA) is 48.0 Å². The van der Waals surface area contributed by atoms with Crippen molar-refractivity contribution in [2.24, 2.45) is 0 Å². The lowest BCUT2D eigenvalue weighted by Crippen LogP contribution is -2.39. The van der Waals surface area contributed by atoms with Gasteiger partial charge in [-0.15, -0.1) is 0 Å². The van der Waals surface area contributed by atoms with Gasteiger partial charge in [-0.1, -0.05) is 6.07 Å². The summed E-state index contributed by atoms with van der Waals surface area (Å²) in [5.74, 6) is 2.27. The molecule has 0 radical (unpaired) electrons. The molecule has 0 N–H and O–H groups in total. The van der Waals surface area contributed by atoms with Crippen molar-refractivity contribution in [1.82, 2.24) is 4.90 Å². The van der Waals surface area contributed by atoms with Crippen molar-refractivity contribution in [2.45, 2.75) is 25.4 Å². The number of aldehydes is 1. The van der Waals surface area contributed by atoms with Crippen LogP contribution in [0, 0.1) is 0 Å². The summed E-state index contributed by atoms with van der Waals surface area (Å²) in [5, 5.41) is 0. The molecule has 0 aromatic heterocycles. The molecule has 0 aliphatic carbocycles. The van der Waals surface area contributed by atoms with E-state index in [4.69, 9.17) is 14.2 Å². The Balaban J connectivity index is 1.78. The van der Waals surface area contributed by atoms with Crippen molar-refractivity contribution in [3.63, 3.8) is 0 Å². The number of hydrogen-bond acceptors (Lipinski definition) is 5. The van der Waals surface area contributed by atoms with Crippen LogP contribution in [0.2, 0.25) is 0 Å². The average molecular weight is 353 g/mol. The van der Waals surface area contributed by atoms with Crippen molar-refractivity contribution in [3.8, 4) is 17.2 Å². The highest BCUT2D eigenvalue weighted by Crippen LogP contribution is 2.44. The van der Waals surface area contributed by atoms with Crippen LogP contribution in [0.1, 0.15) is 38.7 Å². The van der Waals surface area contributed by atoms with Gasteiger partial charge < -0.3 is 14.2 Å². The average Bonchev–Trinajstić information content (AvgIpc) is 2.70.